The number of hydrogen-bond acceptors (Lipinski definition) is 4. The zero-order valence-electron chi connectivity index (χ0n) is 13.0. The van der Waals surface area contributed by atoms with Gasteiger partial charge in [0, 0.05) is 13.0 Å². The Morgan fingerprint density at radius 1 is 1.38 bits per heavy atom. The predicted molar refractivity (Wildman–Crippen MR) is 85.4 cm³/mol. The van der Waals surface area contributed by atoms with Gasteiger partial charge in [0.25, 0.3) is 0 Å². The fraction of sp³-hybridized carbons (Fsp3) is 0.562. The third kappa shape index (κ3) is 4.35. The van der Waals surface area contributed by atoms with Gasteiger partial charge >= 0.3 is 5.97 Å². The van der Waals surface area contributed by atoms with Gasteiger partial charge in [0.15, 0.2) is 0 Å². The van der Waals surface area contributed by atoms with Gasteiger partial charge in [0.1, 0.15) is 17.9 Å². The lowest BCUT2D eigenvalue weighted by atomic mass is 10.0. The summed E-state index contributed by atoms with van der Waals surface area (Å²) >= 11 is 0. The van der Waals surface area contributed by atoms with Crippen molar-refractivity contribution in [1.29, 1.82) is 0 Å². The average Bonchev–Trinajstić information content (AvgIpc) is 2.88. The van der Waals surface area contributed by atoms with E-state index in [2.05, 4.69) is 37.4 Å². The standard InChI is InChI=1S/C16H23NO3.ClH/c1-10(2)12-6-5-11(3)15(7-12)20-13-8-14(17-9-13)16(18)19-4;/h5-7,10,13-14,17H,8-9H2,1-4H3;1H. The van der Waals surface area contributed by atoms with Crippen LogP contribution in [0.4, 0.5) is 0 Å². The van der Waals surface area contributed by atoms with Crippen molar-refractivity contribution in [2.75, 3.05) is 13.7 Å². The second-order valence-electron chi connectivity index (χ2n) is 5.64. The Morgan fingerprint density at radius 2 is 2.10 bits per heavy atom. The van der Waals surface area contributed by atoms with E-state index < -0.39 is 0 Å². The maximum atomic E-state index is 11.5. The van der Waals surface area contributed by atoms with Gasteiger partial charge in [-0.3, -0.25) is 4.79 Å². The van der Waals surface area contributed by atoms with Crippen LogP contribution in [0, 0.1) is 6.92 Å². The molecule has 0 bridgehead atoms. The first-order valence-corrected chi connectivity index (χ1v) is 7.09. The van der Waals surface area contributed by atoms with Crippen LogP contribution in [0.3, 0.4) is 0 Å². The Morgan fingerprint density at radius 3 is 2.71 bits per heavy atom. The number of ether oxygens (including phenoxy) is 2. The van der Waals surface area contributed by atoms with E-state index in [0.717, 1.165) is 11.3 Å². The minimum atomic E-state index is -0.251. The van der Waals surface area contributed by atoms with Crippen molar-refractivity contribution in [3.63, 3.8) is 0 Å². The lowest BCUT2D eigenvalue weighted by Gasteiger charge is -2.17. The van der Waals surface area contributed by atoms with Gasteiger partial charge in [-0.15, -0.1) is 12.4 Å². The molecule has 2 unspecified atom stereocenters. The quantitative estimate of drug-likeness (QED) is 0.868. The molecule has 118 valence electrons. The molecule has 0 spiro atoms. The molecule has 1 aliphatic rings. The number of esters is 1. The number of aryl methyl sites for hydroxylation is 1. The smallest absolute Gasteiger partial charge is 0.323 e. The van der Waals surface area contributed by atoms with Crippen molar-refractivity contribution in [3.8, 4) is 5.75 Å². The van der Waals surface area contributed by atoms with E-state index in [9.17, 15) is 4.79 Å². The van der Waals surface area contributed by atoms with Gasteiger partial charge in [-0.1, -0.05) is 26.0 Å². The van der Waals surface area contributed by atoms with Crippen molar-refractivity contribution >= 4 is 18.4 Å². The number of rotatable bonds is 4. The summed E-state index contributed by atoms with van der Waals surface area (Å²) in [5.74, 6) is 1.17. The summed E-state index contributed by atoms with van der Waals surface area (Å²) in [5, 5.41) is 3.13. The number of carbonyl (C=O) groups is 1. The summed E-state index contributed by atoms with van der Waals surface area (Å²) in [7, 11) is 1.41. The number of nitrogens with one attached hydrogen (secondary N) is 1. The lowest BCUT2D eigenvalue weighted by Crippen LogP contribution is -2.31. The van der Waals surface area contributed by atoms with Crippen molar-refractivity contribution in [1.82, 2.24) is 5.32 Å². The van der Waals surface area contributed by atoms with E-state index in [0.29, 0.717) is 18.9 Å². The van der Waals surface area contributed by atoms with Crippen LogP contribution in [-0.4, -0.2) is 31.8 Å². The van der Waals surface area contributed by atoms with Gasteiger partial charge in [0.05, 0.1) is 7.11 Å². The second-order valence-corrected chi connectivity index (χ2v) is 5.64. The highest BCUT2D eigenvalue weighted by Gasteiger charge is 2.31. The van der Waals surface area contributed by atoms with Crippen LogP contribution in [0.15, 0.2) is 18.2 Å². The monoisotopic (exact) mass is 313 g/mol. The Labute approximate surface area is 132 Å². The minimum absolute atomic E-state index is 0. The Kier molecular flexibility index (Phi) is 6.49. The molecule has 4 nitrogen and oxygen atoms in total. The predicted octanol–water partition coefficient (Wildman–Crippen LogP) is 2.82. The molecule has 1 aromatic carbocycles. The molecular formula is C16H24ClNO3. The first kappa shape index (κ1) is 17.8. The maximum Gasteiger partial charge on any atom is 0.323 e. The summed E-state index contributed by atoms with van der Waals surface area (Å²) in [6.45, 7) is 7.04. The van der Waals surface area contributed by atoms with Gasteiger partial charge in [-0.2, -0.15) is 0 Å². The average molecular weight is 314 g/mol. The molecular weight excluding hydrogens is 290 g/mol. The van der Waals surface area contributed by atoms with Crippen molar-refractivity contribution in [2.24, 2.45) is 0 Å². The molecule has 0 radical (unpaired) electrons. The lowest BCUT2D eigenvalue weighted by molar-refractivity contribution is -0.142. The van der Waals surface area contributed by atoms with Crippen LogP contribution < -0.4 is 10.1 Å². The first-order valence-electron chi connectivity index (χ1n) is 7.09. The second kappa shape index (κ2) is 7.66. The third-order valence-corrected chi connectivity index (χ3v) is 3.75. The summed E-state index contributed by atoms with van der Waals surface area (Å²) < 4.78 is 10.8. The largest absolute Gasteiger partial charge is 0.489 e. The van der Waals surface area contributed by atoms with Crippen LogP contribution in [0.2, 0.25) is 0 Å². The molecule has 0 aromatic heterocycles. The summed E-state index contributed by atoms with van der Waals surface area (Å²) in [4.78, 5) is 11.5. The first-order chi connectivity index (χ1) is 9.51. The van der Waals surface area contributed by atoms with E-state index in [4.69, 9.17) is 9.47 Å². The zero-order valence-corrected chi connectivity index (χ0v) is 13.8. The Bertz CT molecular complexity index is 490. The molecule has 21 heavy (non-hydrogen) atoms. The van der Waals surface area contributed by atoms with E-state index >= 15 is 0 Å². The number of halogens is 1. The van der Waals surface area contributed by atoms with Gasteiger partial charge in [0.2, 0.25) is 0 Å². The fourth-order valence-corrected chi connectivity index (χ4v) is 2.40. The van der Waals surface area contributed by atoms with Gasteiger partial charge in [-0.05, 0) is 30.0 Å². The topological polar surface area (TPSA) is 47.6 Å². The fourth-order valence-electron chi connectivity index (χ4n) is 2.40. The van der Waals surface area contributed by atoms with Crippen LogP contribution in [-0.2, 0) is 9.53 Å². The van der Waals surface area contributed by atoms with Crippen LogP contribution in [0.5, 0.6) is 5.75 Å². The number of methoxy groups -OCH3 is 1. The molecule has 1 aliphatic heterocycles. The highest BCUT2D eigenvalue weighted by molar-refractivity contribution is 5.85. The molecule has 0 aliphatic carbocycles. The number of hydrogen-bond donors (Lipinski definition) is 1. The van der Waals surface area contributed by atoms with Crippen molar-refractivity contribution in [3.05, 3.63) is 29.3 Å². The minimum Gasteiger partial charge on any atom is -0.489 e. The normalized spacial score (nSPS) is 21.0. The highest BCUT2D eigenvalue weighted by Crippen LogP contribution is 2.26. The van der Waals surface area contributed by atoms with Crippen LogP contribution in [0.1, 0.15) is 37.3 Å². The molecule has 5 heteroatoms. The number of benzene rings is 1. The highest BCUT2D eigenvalue weighted by atomic mass is 35.5. The molecule has 1 aromatic rings. The van der Waals surface area contributed by atoms with Gasteiger partial charge in [-0.25, -0.2) is 0 Å². The molecule has 1 fully saturated rings. The summed E-state index contributed by atoms with van der Waals surface area (Å²) in [6, 6.07) is 6.08. The molecule has 1 N–H and O–H groups in total. The molecule has 0 amide bonds. The van der Waals surface area contributed by atoms with Crippen LogP contribution >= 0.6 is 12.4 Å². The van der Waals surface area contributed by atoms with E-state index in [1.807, 2.05) is 6.92 Å². The molecule has 2 rings (SSSR count). The molecule has 1 heterocycles. The van der Waals surface area contributed by atoms with E-state index in [1.165, 1.54) is 12.7 Å². The Balaban J connectivity index is 0.00000220. The van der Waals surface area contributed by atoms with Crippen molar-refractivity contribution in [2.45, 2.75) is 45.3 Å². The third-order valence-electron chi connectivity index (χ3n) is 3.75. The molecule has 1 saturated heterocycles. The molecule has 2 atom stereocenters. The van der Waals surface area contributed by atoms with Crippen molar-refractivity contribution < 1.29 is 14.3 Å². The maximum absolute atomic E-state index is 11.5. The Hall–Kier alpha value is -1.26. The zero-order chi connectivity index (χ0) is 14.7. The summed E-state index contributed by atoms with van der Waals surface area (Å²) in [5.41, 5.74) is 2.39. The van der Waals surface area contributed by atoms with Crippen LogP contribution in [0.25, 0.3) is 0 Å². The van der Waals surface area contributed by atoms with E-state index in [-0.39, 0.29) is 30.5 Å². The number of carbonyl (C=O) groups excluding carboxylic acids is 1. The molecule has 0 saturated carbocycles. The van der Waals surface area contributed by atoms with E-state index in [1.54, 1.807) is 0 Å². The van der Waals surface area contributed by atoms with Gasteiger partial charge < -0.3 is 14.8 Å². The SMILES string of the molecule is COC(=O)C1CC(Oc2cc(C(C)C)ccc2C)CN1.Cl. The summed E-state index contributed by atoms with van der Waals surface area (Å²) in [6.07, 6.45) is 0.665.